The quantitative estimate of drug-likeness (QED) is 0.842. The molecule has 1 aromatic carbocycles. The Morgan fingerprint density at radius 2 is 2.06 bits per heavy atom. The minimum Gasteiger partial charge on any atom is -0.478 e. The van der Waals surface area contributed by atoms with Gasteiger partial charge in [-0.1, -0.05) is 26.3 Å². The molecule has 0 aliphatic carbocycles. The molecule has 0 aliphatic heterocycles. The molecule has 0 radical (unpaired) electrons. The molecule has 0 saturated heterocycles. The highest BCUT2D eigenvalue weighted by molar-refractivity contribution is 5.95. The summed E-state index contributed by atoms with van der Waals surface area (Å²) in [5.74, 6) is -1.13. The van der Waals surface area contributed by atoms with E-state index in [1.54, 1.807) is 6.07 Å². The second-order valence-corrected chi connectivity index (χ2v) is 4.51. The number of aromatic carboxylic acids is 1. The standard InChI is InChI=1S/C14H19NO3/c1-4-5-10(3)13(16)15-12-8-11(14(17)18)7-6-9(12)2/h6-8,10H,4-5H2,1-3H3,(H,15,16)(H,17,18)/t10-/m1/s1. The van der Waals surface area contributed by atoms with Crippen molar-refractivity contribution in [2.75, 3.05) is 5.32 Å². The predicted molar refractivity (Wildman–Crippen MR) is 70.8 cm³/mol. The molecule has 0 heterocycles. The van der Waals surface area contributed by atoms with Crippen LogP contribution in [0.3, 0.4) is 0 Å². The van der Waals surface area contributed by atoms with E-state index in [2.05, 4.69) is 5.32 Å². The molecule has 0 bridgehead atoms. The van der Waals surface area contributed by atoms with E-state index in [0.717, 1.165) is 18.4 Å². The van der Waals surface area contributed by atoms with Gasteiger partial charge in [0.2, 0.25) is 5.91 Å². The van der Waals surface area contributed by atoms with Crippen molar-refractivity contribution < 1.29 is 14.7 Å². The van der Waals surface area contributed by atoms with E-state index < -0.39 is 5.97 Å². The van der Waals surface area contributed by atoms with E-state index in [9.17, 15) is 9.59 Å². The number of nitrogens with one attached hydrogen (secondary N) is 1. The van der Waals surface area contributed by atoms with E-state index >= 15 is 0 Å². The van der Waals surface area contributed by atoms with E-state index in [-0.39, 0.29) is 17.4 Å². The minimum atomic E-state index is -0.993. The van der Waals surface area contributed by atoms with Crippen molar-refractivity contribution in [1.82, 2.24) is 0 Å². The zero-order valence-corrected chi connectivity index (χ0v) is 11.0. The summed E-state index contributed by atoms with van der Waals surface area (Å²) in [4.78, 5) is 22.8. The number of hydrogen-bond donors (Lipinski definition) is 2. The molecule has 4 nitrogen and oxygen atoms in total. The molecule has 1 amide bonds. The highest BCUT2D eigenvalue weighted by Gasteiger charge is 2.14. The molecule has 1 aromatic rings. The minimum absolute atomic E-state index is 0.0668. The van der Waals surface area contributed by atoms with Crippen LogP contribution in [0.1, 0.15) is 42.6 Å². The maximum absolute atomic E-state index is 11.9. The topological polar surface area (TPSA) is 66.4 Å². The lowest BCUT2D eigenvalue weighted by molar-refractivity contribution is -0.119. The van der Waals surface area contributed by atoms with Crippen LogP contribution in [0.15, 0.2) is 18.2 Å². The summed E-state index contributed by atoms with van der Waals surface area (Å²) in [5.41, 5.74) is 1.61. The third-order valence-corrected chi connectivity index (χ3v) is 2.91. The third kappa shape index (κ3) is 3.58. The molecule has 0 saturated carbocycles. The lowest BCUT2D eigenvalue weighted by Gasteiger charge is -2.13. The zero-order chi connectivity index (χ0) is 13.7. The van der Waals surface area contributed by atoms with Crippen LogP contribution in [0.25, 0.3) is 0 Å². The summed E-state index contributed by atoms with van der Waals surface area (Å²) in [6, 6.07) is 4.72. The van der Waals surface area contributed by atoms with E-state index in [0.29, 0.717) is 5.69 Å². The van der Waals surface area contributed by atoms with Gasteiger partial charge in [0.05, 0.1) is 5.56 Å². The number of aryl methyl sites for hydroxylation is 1. The van der Waals surface area contributed by atoms with Crippen molar-refractivity contribution in [1.29, 1.82) is 0 Å². The fraction of sp³-hybridized carbons (Fsp3) is 0.429. The number of carbonyl (C=O) groups excluding carboxylic acids is 1. The number of rotatable bonds is 5. The van der Waals surface area contributed by atoms with Gasteiger partial charge in [0.1, 0.15) is 0 Å². The molecule has 18 heavy (non-hydrogen) atoms. The normalized spacial score (nSPS) is 11.9. The molecule has 0 aliphatic rings. The summed E-state index contributed by atoms with van der Waals surface area (Å²) in [6.07, 6.45) is 1.77. The van der Waals surface area contributed by atoms with Crippen LogP contribution in [-0.4, -0.2) is 17.0 Å². The Balaban J connectivity index is 2.86. The van der Waals surface area contributed by atoms with Gasteiger partial charge < -0.3 is 10.4 Å². The molecular weight excluding hydrogens is 230 g/mol. The van der Waals surface area contributed by atoms with E-state index in [4.69, 9.17) is 5.11 Å². The molecular formula is C14H19NO3. The lowest BCUT2D eigenvalue weighted by Crippen LogP contribution is -2.21. The maximum atomic E-state index is 11.9. The molecule has 1 atom stereocenters. The summed E-state index contributed by atoms with van der Waals surface area (Å²) in [5, 5.41) is 11.7. The van der Waals surface area contributed by atoms with Crippen molar-refractivity contribution >= 4 is 17.6 Å². The Morgan fingerprint density at radius 3 is 2.61 bits per heavy atom. The predicted octanol–water partition coefficient (Wildman–Crippen LogP) is 3.07. The SMILES string of the molecule is CCC[C@@H](C)C(=O)Nc1cc(C(=O)O)ccc1C. The van der Waals surface area contributed by atoms with Gasteiger partial charge >= 0.3 is 5.97 Å². The monoisotopic (exact) mass is 249 g/mol. The first kappa shape index (κ1) is 14.2. The average molecular weight is 249 g/mol. The Hall–Kier alpha value is -1.84. The van der Waals surface area contributed by atoms with Gasteiger partial charge in [-0.15, -0.1) is 0 Å². The third-order valence-electron chi connectivity index (χ3n) is 2.91. The largest absolute Gasteiger partial charge is 0.478 e. The van der Waals surface area contributed by atoms with Gasteiger partial charge in [-0.05, 0) is 31.0 Å². The van der Waals surface area contributed by atoms with E-state index in [1.807, 2.05) is 20.8 Å². The first-order chi connectivity index (χ1) is 8.45. The molecule has 0 aromatic heterocycles. The van der Waals surface area contributed by atoms with Crippen LogP contribution in [0, 0.1) is 12.8 Å². The molecule has 98 valence electrons. The zero-order valence-electron chi connectivity index (χ0n) is 11.0. The van der Waals surface area contributed by atoms with Crippen LogP contribution in [0.5, 0.6) is 0 Å². The lowest BCUT2D eigenvalue weighted by atomic mass is 10.0. The molecule has 0 fully saturated rings. The highest BCUT2D eigenvalue weighted by Crippen LogP contribution is 2.18. The molecule has 1 rings (SSSR count). The number of carbonyl (C=O) groups is 2. The van der Waals surface area contributed by atoms with Crippen LogP contribution >= 0.6 is 0 Å². The van der Waals surface area contributed by atoms with Crippen LogP contribution in [-0.2, 0) is 4.79 Å². The number of carboxylic acid groups (broad SMARTS) is 1. The van der Waals surface area contributed by atoms with Crippen molar-refractivity contribution in [3.63, 3.8) is 0 Å². The summed E-state index contributed by atoms with van der Waals surface area (Å²) in [7, 11) is 0. The first-order valence-corrected chi connectivity index (χ1v) is 6.10. The molecule has 4 heteroatoms. The van der Waals surface area contributed by atoms with E-state index in [1.165, 1.54) is 12.1 Å². The molecule has 0 spiro atoms. The fourth-order valence-electron chi connectivity index (χ4n) is 1.71. The van der Waals surface area contributed by atoms with Crippen molar-refractivity contribution in [3.8, 4) is 0 Å². The van der Waals surface area contributed by atoms with Gasteiger partial charge in [-0.2, -0.15) is 0 Å². The van der Waals surface area contributed by atoms with Gasteiger partial charge in [-0.3, -0.25) is 4.79 Å². The van der Waals surface area contributed by atoms with Gasteiger partial charge in [0.15, 0.2) is 0 Å². The Bertz CT molecular complexity index is 454. The molecule has 2 N–H and O–H groups in total. The van der Waals surface area contributed by atoms with Crippen LogP contribution in [0.2, 0.25) is 0 Å². The van der Waals surface area contributed by atoms with Crippen molar-refractivity contribution in [3.05, 3.63) is 29.3 Å². The Morgan fingerprint density at radius 1 is 1.39 bits per heavy atom. The fourth-order valence-corrected chi connectivity index (χ4v) is 1.71. The van der Waals surface area contributed by atoms with Gasteiger partial charge in [-0.25, -0.2) is 4.79 Å². The molecule has 0 unspecified atom stereocenters. The average Bonchev–Trinajstić information content (AvgIpc) is 2.31. The number of benzene rings is 1. The maximum Gasteiger partial charge on any atom is 0.335 e. The van der Waals surface area contributed by atoms with Crippen molar-refractivity contribution in [2.24, 2.45) is 5.92 Å². The second-order valence-electron chi connectivity index (χ2n) is 4.51. The number of carboxylic acids is 1. The summed E-state index contributed by atoms with van der Waals surface area (Å²) < 4.78 is 0. The number of anilines is 1. The second kappa shape index (κ2) is 6.19. The van der Waals surface area contributed by atoms with Gasteiger partial charge in [0, 0.05) is 11.6 Å². The smallest absolute Gasteiger partial charge is 0.335 e. The number of amides is 1. The summed E-state index contributed by atoms with van der Waals surface area (Å²) >= 11 is 0. The Kier molecular flexibility index (Phi) is 4.89. The van der Waals surface area contributed by atoms with Crippen LogP contribution in [0.4, 0.5) is 5.69 Å². The number of hydrogen-bond acceptors (Lipinski definition) is 2. The van der Waals surface area contributed by atoms with Crippen molar-refractivity contribution in [2.45, 2.75) is 33.6 Å². The van der Waals surface area contributed by atoms with Crippen LogP contribution < -0.4 is 5.32 Å². The first-order valence-electron chi connectivity index (χ1n) is 6.10. The highest BCUT2D eigenvalue weighted by atomic mass is 16.4. The summed E-state index contributed by atoms with van der Waals surface area (Å²) in [6.45, 7) is 5.74. The Labute approximate surface area is 107 Å². The van der Waals surface area contributed by atoms with Gasteiger partial charge in [0.25, 0.3) is 0 Å².